The molecule has 1 atom stereocenters. The van der Waals surface area contributed by atoms with Crippen LogP contribution in [0.5, 0.6) is 5.75 Å². The lowest BCUT2D eigenvalue weighted by molar-refractivity contribution is -0.117. The number of carbonyl (C=O) groups is 2. The maximum absolute atomic E-state index is 13.7. The van der Waals surface area contributed by atoms with Crippen LogP contribution in [0.3, 0.4) is 0 Å². The molecule has 0 aliphatic carbocycles. The molecule has 164 valence electrons. The molecule has 4 aromatic rings. The number of hydrogen-bond acceptors (Lipinski definition) is 5. The van der Waals surface area contributed by atoms with E-state index in [1.165, 1.54) is 12.0 Å². The minimum atomic E-state index is -0.824. The number of aliphatic hydroxyl groups is 1. The fraction of sp³-hybridized carbons (Fsp3) is 0.0769. The van der Waals surface area contributed by atoms with Crippen molar-refractivity contribution in [3.8, 4) is 5.75 Å². The zero-order valence-corrected chi connectivity index (χ0v) is 19.1. The number of ether oxygens (including phenoxy) is 1. The Balaban J connectivity index is 1.66. The number of anilines is 1. The molecule has 3 aromatic carbocycles. The first-order chi connectivity index (χ1) is 16.0. The second-order valence-corrected chi connectivity index (χ2v) is 8.46. The Bertz CT molecular complexity index is 1420. The van der Waals surface area contributed by atoms with E-state index in [0.717, 1.165) is 4.47 Å². The number of furan rings is 1. The summed E-state index contributed by atoms with van der Waals surface area (Å²) in [6.45, 7) is 0. The molecule has 0 spiro atoms. The topological polar surface area (TPSA) is 80.0 Å². The third-order valence-electron chi connectivity index (χ3n) is 5.61. The molecule has 33 heavy (non-hydrogen) atoms. The van der Waals surface area contributed by atoms with Crippen LogP contribution in [0.2, 0.25) is 0 Å². The van der Waals surface area contributed by atoms with Crippen LogP contribution in [-0.2, 0) is 4.79 Å². The molecule has 1 aliphatic heterocycles. The Kier molecular flexibility index (Phi) is 5.26. The third kappa shape index (κ3) is 3.50. The van der Waals surface area contributed by atoms with Crippen molar-refractivity contribution in [2.75, 3.05) is 12.0 Å². The lowest BCUT2D eigenvalue weighted by atomic mass is 9.95. The first kappa shape index (κ1) is 21.0. The van der Waals surface area contributed by atoms with Crippen LogP contribution < -0.4 is 9.64 Å². The highest BCUT2D eigenvalue weighted by Crippen LogP contribution is 2.43. The van der Waals surface area contributed by atoms with Gasteiger partial charge in [0.05, 0.1) is 18.7 Å². The number of carbonyl (C=O) groups excluding carboxylic acids is 2. The predicted molar refractivity (Wildman–Crippen MR) is 128 cm³/mol. The SMILES string of the molecule is COc1cccc2cc(C(=O)C3=C(O)C(=O)N(c4cccc(Br)c4)C3c3ccccc3)oc12. The fourth-order valence-corrected chi connectivity index (χ4v) is 4.51. The van der Waals surface area contributed by atoms with Gasteiger partial charge in [0.1, 0.15) is 0 Å². The number of methoxy groups -OCH3 is 1. The summed E-state index contributed by atoms with van der Waals surface area (Å²) < 4.78 is 11.9. The van der Waals surface area contributed by atoms with Crippen molar-refractivity contribution < 1.29 is 23.8 Å². The molecule has 1 amide bonds. The van der Waals surface area contributed by atoms with Crippen LogP contribution in [-0.4, -0.2) is 23.9 Å². The van der Waals surface area contributed by atoms with E-state index in [0.29, 0.717) is 28.0 Å². The first-order valence-corrected chi connectivity index (χ1v) is 11.0. The summed E-state index contributed by atoms with van der Waals surface area (Å²) in [6.07, 6.45) is 0. The first-order valence-electron chi connectivity index (χ1n) is 10.2. The number of amides is 1. The van der Waals surface area contributed by atoms with Gasteiger partial charge in [-0.3, -0.25) is 14.5 Å². The number of halogens is 1. The third-order valence-corrected chi connectivity index (χ3v) is 6.10. The minimum Gasteiger partial charge on any atom is -0.503 e. The molecule has 1 N–H and O–H groups in total. The summed E-state index contributed by atoms with van der Waals surface area (Å²) in [5, 5.41) is 11.6. The summed E-state index contributed by atoms with van der Waals surface area (Å²) in [5.74, 6) is -1.31. The van der Waals surface area contributed by atoms with Crippen molar-refractivity contribution >= 4 is 44.3 Å². The highest BCUT2D eigenvalue weighted by molar-refractivity contribution is 9.10. The molecule has 1 aliphatic rings. The van der Waals surface area contributed by atoms with E-state index < -0.39 is 23.5 Å². The fourth-order valence-electron chi connectivity index (χ4n) is 4.12. The highest BCUT2D eigenvalue weighted by Gasteiger charge is 2.45. The average Bonchev–Trinajstić information content (AvgIpc) is 3.38. The van der Waals surface area contributed by atoms with Gasteiger partial charge in [-0.2, -0.15) is 0 Å². The van der Waals surface area contributed by atoms with Crippen LogP contribution in [0.25, 0.3) is 11.0 Å². The van der Waals surface area contributed by atoms with Gasteiger partial charge in [-0.1, -0.05) is 64.5 Å². The molecule has 0 saturated carbocycles. The molecule has 0 radical (unpaired) electrons. The zero-order valence-electron chi connectivity index (χ0n) is 17.5. The van der Waals surface area contributed by atoms with Crippen LogP contribution in [0.4, 0.5) is 5.69 Å². The van der Waals surface area contributed by atoms with E-state index in [4.69, 9.17) is 9.15 Å². The molecule has 0 saturated heterocycles. The molecule has 2 heterocycles. The van der Waals surface area contributed by atoms with Crippen molar-refractivity contribution in [3.05, 3.63) is 106 Å². The van der Waals surface area contributed by atoms with Crippen LogP contribution in [0, 0.1) is 0 Å². The Morgan fingerprint density at radius 2 is 1.79 bits per heavy atom. The molecule has 7 heteroatoms. The molecule has 1 unspecified atom stereocenters. The van der Waals surface area contributed by atoms with Crippen molar-refractivity contribution in [1.29, 1.82) is 0 Å². The Morgan fingerprint density at radius 3 is 2.52 bits per heavy atom. The molecular weight excluding hydrogens is 486 g/mol. The summed E-state index contributed by atoms with van der Waals surface area (Å²) in [6, 6.07) is 22.4. The second-order valence-electron chi connectivity index (χ2n) is 7.55. The largest absolute Gasteiger partial charge is 0.503 e. The van der Waals surface area contributed by atoms with E-state index >= 15 is 0 Å². The lowest BCUT2D eigenvalue weighted by Gasteiger charge is -2.27. The molecule has 1 aromatic heterocycles. The normalized spacial score (nSPS) is 16.0. The average molecular weight is 504 g/mol. The predicted octanol–water partition coefficient (Wildman–Crippen LogP) is 5.99. The Hall–Kier alpha value is -3.84. The van der Waals surface area contributed by atoms with Crippen molar-refractivity contribution in [2.24, 2.45) is 0 Å². The summed E-state index contributed by atoms with van der Waals surface area (Å²) in [7, 11) is 1.52. The maximum Gasteiger partial charge on any atom is 0.294 e. The number of aliphatic hydroxyl groups excluding tert-OH is 1. The molecular formula is C26H18BrNO5. The van der Waals surface area contributed by atoms with Gasteiger partial charge in [0, 0.05) is 15.5 Å². The molecule has 0 bridgehead atoms. The monoisotopic (exact) mass is 503 g/mol. The van der Waals surface area contributed by atoms with E-state index in [-0.39, 0.29) is 11.3 Å². The van der Waals surface area contributed by atoms with E-state index in [2.05, 4.69) is 15.9 Å². The van der Waals surface area contributed by atoms with Gasteiger partial charge in [-0.15, -0.1) is 0 Å². The number of benzene rings is 3. The van der Waals surface area contributed by atoms with Gasteiger partial charge < -0.3 is 14.3 Å². The van der Waals surface area contributed by atoms with Gasteiger partial charge >= 0.3 is 0 Å². The van der Waals surface area contributed by atoms with Crippen LogP contribution >= 0.6 is 15.9 Å². The van der Waals surface area contributed by atoms with E-state index in [1.54, 1.807) is 42.5 Å². The maximum atomic E-state index is 13.7. The number of Topliss-reactive ketones (excluding diaryl/α,β-unsaturated/α-hetero) is 1. The van der Waals surface area contributed by atoms with Gasteiger partial charge in [0.2, 0.25) is 5.78 Å². The summed E-state index contributed by atoms with van der Waals surface area (Å²) >= 11 is 3.43. The number of rotatable bonds is 5. The number of nitrogens with zero attached hydrogens (tertiary/aromatic N) is 1. The van der Waals surface area contributed by atoms with Crippen LogP contribution in [0.15, 0.2) is 99.1 Å². The van der Waals surface area contributed by atoms with Gasteiger partial charge in [0.15, 0.2) is 22.9 Å². The van der Waals surface area contributed by atoms with Crippen molar-refractivity contribution in [1.82, 2.24) is 0 Å². The quantitative estimate of drug-likeness (QED) is 0.338. The summed E-state index contributed by atoms with van der Waals surface area (Å²) in [4.78, 5) is 28.3. The van der Waals surface area contributed by atoms with Crippen molar-refractivity contribution in [3.63, 3.8) is 0 Å². The number of para-hydroxylation sites is 1. The smallest absolute Gasteiger partial charge is 0.294 e. The number of hydrogen-bond donors (Lipinski definition) is 1. The Morgan fingerprint density at radius 1 is 1.03 bits per heavy atom. The molecule has 5 rings (SSSR count). The van der Waals surface area contributed by atoms with Gasteiger partial charge in [0.25, 0.3) is 5.91 Å². The number of ketones is 1. The summed E-state index contributed by atoms with van der Waals surface area (Å²) in [5.41, 5.74) is 1.62. The zero-order chi connectivity index (χ0) is 23.1. The lowest BCUT2D eigenvalue weighted by Crippen LogP contribution is -2.31. The van der Waals surface area contributed by atoms with Crippen molar-refractivity contribution in [2.45, 2.75) is 6.04 Å². The standard InChI is InChI=1S/C26H18BrNO5/c1-32-19-12-5-9-16-13-20(33-25(16)19)23(29)21-22(15-7-3-2-4-8-15)28(26(31)24(21)30)18-11-6-10-17(27)14-18/h2-14,22,30H,1H3. The van der Waals surface area contributed by atoms with Gasteiger partial charge in [-0.25, -0.2) is 0 Å². The molecule has 0 fully saturated rings. The minimum absolute atomic E-state index is 0.0147. The number of fused-ring (bicyclic) bond motifs is 1. The van der Waals surface area contributed by atoms with Gasteiger partial charge in [-0.05, 0) is 35.9 Å². The highest BCUT2D eigenvalue weighted by atomic mass is 79.9. The molecule has 6 nitrogen and oxygen atoms in total. The van der Waals surface area contributed by atoms with Crippen LogP contribution in [0.1, 0.15) is 22.2 Å². The van der Waals surface area contributed by atoms with E-state index in [1.807, 2.05) is 36.4 Å². The second kappa shape index (κ2) is 8.26. The Labute approximate surface area is 197 Å². The van der Waals surface area contributed by atoms with E-state index in [9.17, 15) is 14.7 Å².